The van der Waals surface area contributed by atoms with Gasteiger partial charge in [0, 0.05) is 17.1 Å². The molecule has 3 heterocycles. The summed E-state index contributed by atoms with van der Waals surface area (Å²) in [6.07, 6.45) is 0.596. The van der Waals surface area contributed by atoms with Crippen LogP contribution in [0.4, 0.5) is 5.69 Å². The number of thiophene rings is 2. The fraction of sp³-hybridized carbons (Fsp3) is 0.227. The molecule has 30 heavy (non-hydrogen) atoms. The minimum absolute atomic E-state index is 0.154. The molecule has 4 aromatic rings. The lowest BCUT2D eigenvalue weighted by atomic mass is 10.1. The third-order valence-corrected chi connectivity index (χ3v) is 7.01. The van der Waals surface area contributed by atoms with Crippen LogP contribution in [0.2, 0.25) is 0 Å². The summed E-state index contributed by atoms with van der Waals surface area (Å²) in [6, 6.07) is 11.3. The molecule has 0 atom stereocenters. The topological polar surface area (TPSA) is 73.1 Å². The lowest BCUT2D eigenvalue weighted by Gasteiger charge is -2.14. The number of nitrogens with one attached hydrogen (secondary N) is 1. The van der Waals surface area contributed by atoms with Crippen LogP contribution in [0.3, 0.4) is 0 Å². The molecule has 0 fully saturated rings. The molecular formula is C22H21N3O3S2. The van der Waals surface area contributed by atoms with E-state index in [1.165, 1.54) is 20.5 Å². The smallest absolute Gasteiger partial charge is 0.324 e. The van der Waals surface area contributed by atoms with Crippen molar-refractivity contribution in [3.05, 3.63) is 84.0 Å². The maximum absolute atomic E-state index is 13.1. The summed E-state index contributed by atoms with van der Waals surface area (Å²) in [5.41, 5.74) is 2.53. The zero-order chi connectivity index (χ0) is 21.3. The zero-order valence-corrected chi connectivity index (χ0v) is 18.3. The number of fused-ring (bicyclic) bond motifs is 1. The third kappa shape index (κ3) is 3.88. The van der Waals surface area contributed by atoms with E-state index in [0.717, 1.165) is 21.7 Å². The second kappa shape index (κ2) is 8.41. The molecule has 0 unspecified atom stereocenters. The molecule has 0 spiro atoms. The second-order valence-electron chi connectivity index (χ2n) is 7.09. The average molecular weight is 440 g/mol. The first kappa shape index (κ1) is 20.3. The quantitative estimate of drug-likeness (QED) is 0.497. The molecule has 0 saturated carbocycles. The van der Waals surface area contributed by atoms with Gasteiger partial charge in [-0.3, -0.25) is 18.7 Å². The van der Waals surface area contributed by atoms with Gasteiger partial charge in [0.15, 0.2) is 0 Å². The molecule has 4 rings (SSSR count). The Hall–Kier alpha value is -2.97. The molecule has 0 aliphatic carbocycles. The van der Waals surface area contributed by atoms with Gasteiger partial charge in [-0.2, -0.15) is 0 Å². The van der Waals surface area contributed by atoms with Crippen LogP contribution in [-0.2, 0) is 24.3 Å². The molecule has 0 radical (unpaired) electrons. The van der Waals surface area contributed by atoms with Crippen molar-refractivity contribution < 1.29 is 4.79 Å². The van der Waals surface area contributed by atoms with E-state index in [4.69, 9.17) is 0 Å². The molecule has 154 valence electrons. The number of benzene rings is 1. The molecule has 1 amide bonds. The van der Waals surface area contributed by atoms with Crippen LogP contribution in [0.15, 0.2) is 56.7 Å². The van der Waals surface area contributed by atoms with Crippen molar-refractivity contribution in [3.8, 4) is 0 Å². The molecule has 3 aromatic heterocycles. The van der Waals surface area contributed by atoms with Crippen molar-refractivity contribution in [2.75, 3.05) is 5.32 Å². The normalized spacial score (nSPS) is 11.1. The number of aromatic nitrogens is 2. The van der Waals surface area contributed by atoms with Gasteiger partial charge in [-0.15, -0.1) is 22.7 Å². The van der Waals surface area contributed by atoms with Gasteiger partial charge in [0.1, 0.15) is 11.2 Å². The number of amides is 1. The van der Waals surface area contributed by atoms with Gasteiger partial charge in [-0.25, -0.2) is 4.79 Å². The number of hydrogen-bond acceptors (Lipinski definition) is 5. The van der Waals surface area contributed by atoms with Gasteiger partial charge in [0.2, 0.25) is 5.91 Å². The van der Waals surface area contributed by atoms with Crippen molar-refractivity contribution in [2.24, 2.45) is 0 Å². The summed E-state index contributed by atoms with van der Waals surface area (Å²) < 4.78 is 3.12. The van der Waals surface area contributed by atoms with E-state index in [1.807, 2.05) is 49.6 Å². The van der Waals surface area contributed by atoms with Crippen molar-refractivity contribution in [3.63, 3.8) is 0 Å². The number of anilines is 1. The molecule has 0 aliphatic rings. The highest BCUT2D eigenvalue weighted by Gasteiger charge is 2.17. The van der Waals surface area contributed by atoms with E-state index in [1.54, 1.807) is 22.8 Å². The van der Waals surface area contributed by atoms with E-state index in [9.17, 15) is 14.4 Å². The highest BCUT2D eigenvalue weighted by atomic mass is 32.1. The highest BCUT2D eigenvalue weighted by Crippen LogP contribution is 2.19. The number of aryl methyl sites for hydroxylation is 2. The van der Waals surface area contributed by atoms with Gasteiger partial charge in [-0.05, 0) is 60.4 Å². The maximum atomic E-state index is 13.1. The summed E-state index contributed by atoms with van der Waals surface area (Å²) in [5.74, 6) is -0.304. The van der Waals surface area contributed by atoms with E-state index < -0.39 is 5.69 Å². The standard InChI is InChI=1S/C22H21N3O3S2/c1-14-5-3-7-17(15(14)2)23-19(26)13-25-18-9-12-30-20(18)21(27)24(22(25)28)10-8-16-6-4-11-29-16/h3-7,9,11-12H,8,10,13H2,1-2H3,(H,23,26). The van der Waals surface area contributed by atoms with Gasteiger partial charge in [0.05, 0.1) is 5.52 Å². The van der Waals surface area contributed by atoms with Crippen LogP contribution in [0.1, 0.15) is 16.0 Å². The predicted octanol–water partition coefficient (Wildman–Crippen LogP) is 3.78. The Kier molecular flexibility index (Phi) is 5.69. The lowest BCUT2D eigenvalue weighted by Crippen LogP contribution is -2.41. The largest absolute Gasteiger partial charge is 0.332 e. The van der Waals surface area contributed by atoms with Crippen molar-refractivity contribution >= 4 is 44.5 Å². The van der Waals surface area contributed by atoms with Crippen LogP contribution in [0.25, 0.3) is 10.2 Å². The average Bonchev–Trinajstić information content (AvgIpc) is 3.41. The van der Waals surface area contributed by atoms with Gasteiger partial charge < -0.3 is 5.32 Å². The van der Waals surface area contributed by atoms with Crippen LogP contribution >= 0.6 is 22.7 Å². The van der Waals surface area contributed by atoms with E-state index in [0.29, 0.717) is 16.6 Å². The first-order chi connectivity index (χ1) is 14.5. The van der Waals surface area contributed by atoms with Crippen molar-refractivity contribution in [2.45, 2.75) is 33.4 Å². The lowest BCUT2D eigenvalue weighted by molar-refractivity contribution is -0.116. The molecule has 1 aromatic carbocycles. The van der Waals surface area contributed by atoms with Crippen LogP contribution in [0.5, 0.6) is 0 Å². The van der Waals surface area contributed by atoms with Crippen LogP contribution in [-0.4, -0.2) is 15.0 Å². The Morgan fingerprint density at radius 2 is 1.83 bits per heavy atom. The number of carbonyl (C=O) groups excluding carboxylic acids is 1. The summed E-state index contributed by atoms with van der Waals surface area (Å²) in [4.78, 5) is 39.8. The second-order valence-corrected chi connectivity index (χ2v) is 9.03. The number of rotatable bonds is 6. The van der Waals surface area contributed by atoms with Crippen molar-refractivity contribution in [1.82, 2.24) is 9.13 Å². The molecule has 6 nitrogen and oxygen atoms in total. The summed E-state index contributed by atoms with van der Waals surface area (Å²) in [5, 5.41) is 6.63. The fourth-order valence-electron chi connectivity index (χ4n) is 3.38. The zero-order valence-electron chi connectivity index (χ0n) is 16.7. The Bertz CT molecular complexity index is 1330. The van der Waals surface area contributed by atoms with Crippen LogP contribution < -0.4 is 16.6 Å². The molecule has 8 heteroatoms. The minimum Gasteiger partial charge on any atom is -0.324 e. The monoisotopic (exact) mass is 439 g/mol. The van der Waals surface area contributed by atoms with Crippen LogP contribution in [0, 0.1) is 13.8 Å². The number of hydrogen-bond donors (Lipinski definition) is 1. The third-order valence-electron chi connectivity index (χ3n) is 5.18. The predicted molar refractivity (Wildman–Crippen MR) is 123 cm³/mol. The molecule has 0 saturated heterocycles. The summed E-state index contributed by atoms with van der Waals surface area (Å²) in [6.45, 7) is 4.05. The van der Waals surface area contributed by atoms with E-state index in [2.05, 4.69) is 5.32 Å². The van der Waals surface area contributed by atoms with E-state index >= 15 is 0 Å². The molecule has 1 N–H and O–H groups in total. The Morgan fingerprint density at radius 3 is 2.60 bits per heavy atom. The fourth-order valence-corrected chi connectivity index (χ4v) is 4.92. The summed E-state index contributed by atoms with van der Waals surface area (Å²) >= 11 is 2.88. The Morgan fingerprint density at radius 1 is 1.00 bits per heavy atom. The van der Waals surface area contributed by atoms with E-state index in [-0.39, 0.29) is 24.6 Å². The van der Waals surface area contributed by atoms with Crippen molar-refractivity contribution in [1.29, 1.82) is 0 Å². The maximum Gasteiger partial charge on any atom is 0.332 e. The minimum atomic E-state index is -0.460. The first-order valence-corrected chi connectivity index (χ1v) is 11.3. The summed E-state index contributed by atoms with van der Waals surface area (Å²) in [7, 11) is 0. The molecular weight excluding hydrogens is 418 g/mol. The Labute approximate surface area is 181 Å². The molecule has 0 aliphatic heterocycles. The SMILES string of the molecule is Cc1cccc(NC(=O)Cn2c(=O)n(CCc3cccs3)c(=O)c3sccc32)c1C. The van der Waals surface area contributed by atoms with Gasteiger partial charge in [-0.1, -0.05) is 18.2 Å². The van der Waals surface area contributed by atoms with Gasteiger partial charge in [0.25, 0.3) is 5.56 Å². The number of nitrogens with zero attached hydrogens (tertiary/aromatic N) is 2. The molecule has 0 bridgehead atoms. The van der Waals surface area contributed by atoms with Gasteiger partial charge >= 0.3 is 5.69 Å². The Balaban J connectivity index is 1.67. The number of carbonyl (C=O) groups is 1. The first-order valence-electron chi connectivity index (χ1n) is 9.55. The highest BCUT2D eigenvalue weighted by molar-refractivity contribution is 7.17.